The Morgan fingerprint density at radius 2 is 2.05 bits per heavy atom. The summed E-state index contributed by atoms with van der Waals surface area (Å²) in [5.41, 5.74) is 0.596. The van der Waals surface area contributed by atoms with E-state index in [9.17, 15) is 18.0 Å². The van der Waals surface area contributed by atoms with Crippen LogP contribution in [-0.2, 0) is 4.74 Å². The molecule has 0 unspecified atom stereocenters. The summed E-state index contributed by atoms with van der Waals surface area (Å²) in [7, 11) is 0. The van der Waals surface area contributed by atoms with Crippen molar-refractivity contribution < 1.29 is 22.7 Å². The van der Waals surface area contributed by atoms with E-state index in [-0.39, 0.29) is 19.0 Å². The number of ether oxygens (including phenoxy) is 1. The molecule has 3 nitrogen and oxygen atoms in total. The Balaban J connectivity index is 1.89. The summed E-state index contributed by atoms with van der Waals surface area (Å²) in [5, 5.41) is 0. The van der Waals surface area contributed by atoms with Gasteiger partial charge in [-0.3, -0.25) is 4.79 Å². The van der Waals surface area contributed by atoms with Crippen molar-refractivity contribution in [3.05, 3.63) is 29.8 Å². The van der Waals surface area contributed by atoms with Crippen LogP contribution in [0.5, 0.6) is 0 Å². The number of carbonyl (C=O) groups is 1. The fraction of sp³-hybridized carbons (Fsp3) is 0.500. The number of rotatable bonds is 5. The number of benzene rings is 1. The maximum atomic E-state index is 12.3. The molecular formula is C14H16F3NO2S. The highest BCUT2D eigenvalue weighted by Crippen LogP contribution is 2.26. The summed E-state index contributed by atoms with van der Waals surface area (Å²) in [5.74, 6) is 0.695. The first kappa shape index (κ1) is 16.2. The molecule has 2 rings (SSSR count). The van der Waals surface area contributed by atoms with E-state index in [1.165, 1.54) is 4.90 Å². The third-order valence-corrected chi connectivity index (χ3v) is 3.99. The molecule has 0 aliphatic carbocycles. The van der Waals surface area contributed by atoms with E-state index < -0.39 is 18.9 Å². The van der Waals surface area contributed by atoms with Crippen LogP contribution in [0.4, 0.5) is 13.2 Å². The van der Waals surface area contributed by atoms with Crippen molar-refractivity contribution >= 4 is 17.7 Å². The van der Waals surface area contributed by atoms with Gasteiger partial charge >= 0.3 is 6.18 Å². The van der Waals surface area contributed by atoms with Gasteiger partial charge in [-0.05, 0) is 17.9 Å². The minimum atomic E-state index is -4.32. The lowest BCUT2D eigenvalue weighted by Crippen LogP contribution is -2.55. The maximum Gasteiger partial charge on any atom is 0.411 e. The smallest absolute Gasteiger partial charge is 0.365 e. The fourth-order valence-corrected chi connectivity index (χ4v) is 2.81. The first-order valence-corrected chi connectivity index (χ1v) is 7.58. The molecule has 1 amide bonds. The molecule has 0 aromatic heterocycles. The fourth-order valence-electron chi connectivity index (χ4n) is 2.02. The second-order valence-corrected chi connectivity index (χ2v) is 5.99. The molecular weight excluding hydrogens is 303 g/mol. The molecule has 1 aliphatic rings. The standard InChI is InChI=1S/C14H16F3NO2S/c1-2-21-12-6-4-3-5-11(12)13(19)18-7-10(8-18)20-9-14(15,16)17/h3-6,10H,2,7-9H2,1H3. The number of nitrogens with zero attached hydrogens (tertiary/aromatic N) is 1. The highest BCUT2D eigenvalue weighted by Gasteiger charge is 2.36. The number of amides is 1. The zero-order chi connectivity index (χ0) is 15.5. The quantitative estimate of drug-likeness (QED) is 0.781. The third kappa shape index (κ3) is 4.38. The van der Waals surface area contributed by atoms with E-state index >= 15 is 0 Å². The number of hydrogen-bond acceptors (Lipinski definition) is 3. The van der Waals surface area contributed by atoms with Crippen molar-refractivity contribution in [3.63, 3.8) is 0 Å². The lowest BCUT2D eigenvalue weighted by atomic mass is 10.1. The Kier molecular flexibility index (Phi) is 5.16. The second kappa shape index (κ2) is 6.70. The topological polar surface area (TPSA) is 29.5 Å². The minimum absolute atomic E-state index is 0.154. The molecule has 0 spiro atoms. The number of carbonyl (C=O) groups excluding carboxylic acids is 1. The second-order valence-electron chi connectivity index (χ2n) is 4.69. The summed E-state index contributed by atoms with van der Waals surface area (Å²) < 4.78 is 40.8. The van der Waals surface area contributed by atoms with Gasteiger partial charge in [0, 0.05) is 18.0 Å². The van der Waals surface area contributed by atoms with Crippen LogP contribution in [0, 0.1) is 0 Å². The van der Waals surface area contributed by atoms with Crippen molar-refractivity contribution in [2.45, 2.75) is 24.1 Å². The molecule has 21 heavy (non-hydrogen) atoms. The van der Waals surface area contributed by atoms with Crippen molar-refractivity contribution in [1.29, 1.82) is 0 Å². The lowest BCUT2D eigenvalue weighted by Gasteiger charge is -2.39. The van der Waals surface area contributed by atoms with E-state index in [0.717, 1.165) is 10.6 Å². The molecule has 1 saturated heterocycles. The normalized spacial score (nSPS) is 15.9. The summed E-state index contributed by atoms with van der Waals surface area (Å²) in [4.78, 5) is 14.7. The van der Waals surface area contributed by atoms with Gasteiger partial charge in [-0.25, -0.2) is 0 Å². The van der Waals surface area contributed by atoms with Crippen LogP contribution in [-0.4, -0.2) is 48.5 Å². The van der Waals surface area contributed by atoms with Crippen LogP contribution in [0.2, 0.25) is 0 Å². The maximum absolute atomic E-state index is 12.3. The Morgan fingerprint density at radius 1 is 1.38 bits per heavy atom. The average molecular weight is 319 g/mol. The summed E-state index contributed by atoms with van der Waals surface area (Å²) in [6.45, 7) is 1.15. The van der Waals surface area contributed by atoms with Crippen LogP contribution < -0.4 is 0 Å². The van der Waals surface area contributed by atoms with Gasteiger partial charge in [0.05, 0.1) is 11.7 Å². The van der Waals surface area contributed by atoms with Gasteiger partial charge in [0.1, 0.15) is 6.61 Å². The SMILES string of the molecule is CCSc1ccccc1C(=O)N1CC(OCC(F)(F)F)C1. The van der Waals surface area contributed by atoms with Gasteiger partial charge in [0.25, 0.3) is 5.91 Å². The summed E-state index contributed by atoms with van der Waals surface area (Å²) in [6, 6.07) is 7.26. The van der Waals surface area contributed by atoms with Crippen molar-refractivity contribution in [1.82, 2.24) is 4.90 Å². The van der Waals surface area contributed by atoms with Crippen LogP contribution in [0.15, 0.2) is 29.2 Å². The van der Waals surface area contributed by atoms with Crippen LogP contribution in [0.3, 0.4) is 0 Å². The monoisotopic (exact) mass is 319 g/mol. The molecule has 0 saturated carbocycles. The molecule has 1 fully saturated rings. The van der Waals surface area contributed by atoms with Crippen molar-refractivity contribution in [2.75, 3.05) is 25.4 Å². The average Bonchev–Trinajstić information content (AvgIpc) is 2.36. The number of thioether (sulfide) groups is 1. The highest BCUT2D eigenvalue weighted by molar-refractivity contribution is 7.99. The zero-order valence-corrected chi connectivity index (χ0v) is 12.3. The Hall–Kier alpha value is -1.21. The van der Waals surface area contributed by atoms with Gasteiger partial charge < -0.3 is 9.64 Å². The molecule has 1 aromatic rings. The zero-order valence-electron chi connectivity index (χ0n) is 11.5. The molecule has 1 aromatic carbocycles. The molecule has 1 aliphatic heterocycles. The largest absolute Gasteiger partial charge is 0.411 e. The highest BCUT2D eigenvalue weighted by atomic mass is 32.2. The minimum Gasteiger partial charge on any atom is -0.365 e. The predicted molar refractivity (Wildman–Crippen MR) is 74.5 cm³/mol. The first-order chi connectivity index (χ1) is 9.90. The summed E-state index contributed by atoms with van der Waals surface area (Å²) in [6.07, 6.45) is -4.85. The molecule has 0 N–H and O–H groups in total. The Bertz CT molecular complexity index is 501. The molecule has 1 heterocycles. The van der Waals surface area contributed by atoms with E-state index in [1.54, 1.807) is 23.9 Å². The lowest BCUT2D eigenvalue weighted by molar-refractivity contribution is -0.196. The number of likely N-dealkylation sites (tertiary alicyclic amines) is 1. The van der Waals surface area contributed by atoms with Crippen molar-refractivity contribution in [3.8, 4) is 0 Å². The van der Waals surface area contributed by atoms with E-state index in [4.69, 9.17) is 4.74 Å². The third-order valence-electron chi connectivity index (χ3n) is 3.04. The van der Waals surface area contributed by atoms with Gasteiger partial charge in [0.2, 0.25) is 0 Å². The predicted octanol–water partition coefficient (Wildman–Crippen LogP) is 3.20. The van der Waals surface area contributed by atoms with Gasteiger partial charge in [0.15, 0.2) is 0 Å². The molecule has 0 atom stereocenters. The van der Waals surface area contributed by atoms with Crippen LogP contribution in [0.1, 0.15) is 17.3 Å². The number of halogens is 3. The number of alkyl halides is 3. The van der Waals surface area contributed by atoms with Crippen molar-refractivity contribution in [2.24, 2.45) is 0 Å². The van der Waals surface area contributed by atoms with Gasteiger partial charge in [-0.15, -0.1) is 11.8 Å². The van der Waals surface area contributed by atoms with Crippen LogP contribution in [0.25, 0.3) is 0 Å². The van der Waals surface area contributed by atoms with E-state index in [2.05, 4.69) is 0 Å². The van der Waals surface area contributed by atoms with E-state index in [0.29, 0.717) is 5.56 Å². The van der Waals surface area contributed by atoms with Gasteiger partial charge in [-0.2, -0.15) is 13.2 Å². The molecule has 116 valence electrons. The molecule has 0 radical (unpaired) electrons. The van der Waals surface area contributed by atoms with E-state index in [1.807, 2.05) is 19.1 Å². The van der Waals surface area contributed by atoms with Crippen LogP contribution >= 0.6 is 11.8 Å². The van der Waals surface area contributed by atoms with Gasteiger partial charge in [-0.1, -0.05) is 19.1 Å². The molecule has 0 bridgehead atoms. The molecule has 7 heteroatoms. The Morgan fingerprint density at radius 3 is 2.67 bits per heavy atom. The number of hydrogen-bond donors (Lipinski definition) is 0. The Labute approximate surface area is 125 Å². The summed E-state index contributed by atoms with van der Waals surface area (Å²) >= 11 is 1.57. The first-order valence-electron chi connectivity index (χ1n) is 6.60.